The smallest absolute Gasteiger partial charge is 0.119 e. The fourth-order valence-electron chi connectivity index (χ4n) is 2.86. The highest BCUT2D eigenvalue weighted by molar-refractivity contribution is 5.35. The molecule has 0 atom stereocenters. The Labute approximate surface area is 116 Å². The van der Waals surface area contributed by atoms with Crippen molar-refractivity contribution >= 4 is 0 Å². The summed E-state index contributed by atoms with van der Waals surface area (Å²) in [5.41, 5.74) is 2.84. The Hall–Kier alpha value is -1.06. The molecule has 0 aromatic heterocycles. The van der Waals surface area contributed by atoms with Crippen LogP contribution in [0.5, 0.6) is 5.75 Å². The number of hydrogen-bond acceptors (Lipinski definition) is 3. The number of rotatable bonds is 5. The molecule has 3 nitrogen and oxygen atoms in total. The first kappa shape index (κ1) is 14.4. The Bertz CT molecular complexity index is 400. The van der Waals surface area contributed by atoms with Crippen LogP contribution in [0.2, 0.25) is 0 Å². The lowest BCUT2D eigenvalue weighted by Gasteiger charge is -2.32. The minimum absolute atomic E-state index is 0.716. The summed E-state index contributed by atoms with van der Waals surface area (Å²) >= 11 is 0. The molecule has 19 heavy (non-hydrogen) atoms. The van der Waals surface area contributed by atoms with E-state index in [2.05, 4.69) is 42.4 Å². The molecule has 1 aliphatic heterocycles. The quantitative estimate of drug-likeness (QED) is 0.882. The van der Waals surface area contributed by atoms with Crippen LogP contribution in [0.25, 0.3) is 0 Å². The maximum absolute atomic E-state index is 5.31. The molecule has 0 spiro atoms. The van der Waals surface area contributed by atoms with Gasteiger partial charge in [0.05, 0.1) is 7.11 Å². The first-order chi connectivity index (χ1) is 9.24. The fourth-order valence-corrected chi connectivity index (χ4v) is 2.86. The van der Waals surface area contributed by atoms with E-state index in [0.717, 1.165) is 31.8 Å². The molecule has 1 fully saturated rings. The predicted molar refractivity (Wildman–Crippen MR) is 79.7 cm³/mol. The van der Waals surface area contributed by atoms with E-state index in [4.69, 9.17) is 4.74 Å². The summed E-state index contributed by atoms with van der Waals surface area (Å²) in [4.78, 5) is 2.50. The van der Waals surface area contributed by atoms with Crippen molar-refractivity contribution in [3.63, 3.8) is 0 Å². The molecule has 0 bridgehead atoms. The Kier molecular flexibility index (Phi) is 5.23. The van der Waals surface area contributed by atoms with Gasteiger partial charge in [0, 0.05) is 12.6 Å². The monoisotopic (exact) mass is 262 g/mol. The van der Waals surface area contributed by atoms with Crippen LogP contribution in [0, 0.1) is 0 Å². The molecule has 1 aromatic rings. The molecule has 106 valence electrons. The Morgan fingerprint density at radius 3 is 2.63 bits per heavy atom. The highest BCUT2D eigenvalue weighted by Crippen LogP contribution is 2.21. The number of ether oxygens (including phenoxy) is 1. The van der Waals surface area contributed by atoms with Crippen molar-refractivity contribution in [1.29, 1.82) is 0 Å². The Morgan fingerprint density at radius 1 is 1.26 bits per heavy atom. The van der Waals surface area contributed by atoms with E-state index in [-0.39, 0.29) is 0 Å². The van der Waals surface area contributed by atoms with Crippen molar-refractivity contribution in [2.75, 3.05) is 27.2 Å². The van der Waals surface area contributed by atoms with Crippen molar-refractivity contribution in [2.45, 2.75) is 38.8 Å². The molecule has 0 radical (unpaired) electrons. The van der Waals surface area contributed by atoms with E-state index in [1.54, 1.807) is 7.11 Å². The molecule has 2 rings (SSSR count). The van der Waals surface area contributed by atoms with Gasteiger partial charge in [0.1, 0.15) is 5.75 Å². The zero-order chi connectivity index (χ0) is 13.7. The minimum Gasteiger partial charge on any atom is -0.497 e. The van der Waals surface area contributed by atoms with Gasteiger partial charge in [-0.3, -0.25) is 4.90 Å². The number of nitrogens with one attached hydrogen (secondary N) is 1. The third-order valence-corrected chi connectivity index (χ3v) is 4.15. The van der Waals surface area contributed by atoms with Crippen LogP contribution >= 0.6 is 0 Å². The summed E-state index contributed by atoms with van der Waals surface area (Å²) in [5, 5.41) is 3.43. The second kappa shape index (κ2) is 6.92. The van der Waals surface area contributed by atoms with Crippen molar-refractivity contribution in [2.24, 2.45) is 0 Å². The molecule has 0 unspecified atom stereocenters. The van der Waals surface area contributed by atoms with Crippen molar-refractivity contribution in [3.8, 4) is 5.75 Å². The molecule has 0 amide bonds. The zero-order valence-corrected chi connectivity index (χ0v) is 12.4. The van der Waals surface area contributed by atoms with Gasteiger partial charge in [-0.15, -0.1) is 0 Å². The average Bonchev–Trinajstić information content (AvgIpc) is 2.48. The van der Waals surface area contributed by atoms with Gasteiger partial charge in [0.25, 0.3) is 0 Å². The maximum Gasteiger partial charge on any atom is 0.119 e. The first-order valence-corrected chi connectivity index (χ1v) is 7.31. The first-order valence-electron chi connectivity index (χ1n) is 7.31. The van der Waals surface area contributed by atoms with E-state index in [9.17, 15) is 0 Å². The second-order valence-electron chi connectivity index (χ2n) is 5.38. The Morgan fingerprint density at radius 2 is 2.00 bits per heavy atom. The third kappa shape index (κ3) is 3.71. The zero-order valence-electron chi connectivity index (χ0n) is 12.4. The van der Waals surface area contributed by atoms with Crippen molar-refractivity contribution < 1.29 is 4.74 Å². The molecule has 1 N–H and O–H groups in total. The SMILES string of the molecule is CCc1cc(OC)ccc1CN(C)C1CCNCC1. The number of hydrogen-bond donors (Lipinski definition) is 1. The van der Waals surface area contributed by atoms with E-state index in [1.165, 1.54) is 24.0 Å². The lowest BCUT2D eigenvalue weighted by molar-refractivity contribution is 0.191. The van der Waals surface area contributed by atoms with Crippen LogP contribution in [0.1, 0.15) is 30.9 Å². The molecule has 0 aliphatic carbocycles. The van der Waals surface area contributed by atoms with Crippen LogP contribution < -0.4 is 10.1 Å². The van der Waals surface area contributed by atoms with Gasteiger partial charge in [-0.2, -0.15) is 0 Å². The van der Waals surface area contributed by atoms with E-state index in [0.29, 0.717) is 6.04 Å². The molecule has 1 heterocycles. The summed E-state index contributed by atoms with van der Waals surface area (Å²) in [6.07, 6.45) is 3.58. The summed E-state index contributed by atoms with van der Waals surface area (Å²) in [5.74, 6) is 0.963. The predicted octanol–water partition coefficient (Wildman–Crippen LogP) is 2.44. The van der Waals surface area contributed by atoms with E-state index >= 15 is 0 Å². The summed E-state index contributed by atoms with van der Waals surface area (Å²) < 4.78 is 5.31. The summed E-state index contributed by atoms with van der Waals surface area (Å²) in [7, 11) is 3.98. The van der Waals surface area contributed by atoms with Crippen LogP contribution in [-0.2, 0) is 13.0 Å². The van der Waals surface area contributed by atoms with Gasteiger partial charge in [-0.25, -0.2) is 0 Å². The average molecular weight is 262 g/mol. The van der Waals surface area contributed by atoms with Crippen LogP contribution in [0.4, 0.5) is 0 Å². The standard InChI is InChI=1S/C16H26N2O/c1-4-13-11-16(19-3)6-5-14(13)12-18(2)15-7-9-17-10-8-15/h5-6,11,15,17H,4,7-10,12H2,1-3H3. The molecule has 1 aliphatic rings. The molecule has 1 saturated heterocycles. The molecule has 0 saturated carbocycles. The van der Waals surface area contributed by atoms with Gasteiger partial charge in [0.2, 0.25) is 0 Å². The number of methoxy groups -OCH3 is 1. The Balaban J connectivity index is 2.04. The van der Waals surface area contributed by atoms with Crippen molar-refractivity contribution in [3.05, 3.63) is 29.3 Å². The molecular formula is C16H26N2O. The van der Waals surface area contributed by atoms with Gasteiger partial charge in [0.15, 0.2) is 0 Å². The topological polar surface area (TPSA) is 24.5 Å². The molecular weight excluding hydrogens is 236 g/mol. The van der Waals surface area contributed by atoms with Gasteiger partial charge < -0.3 is 10.1 Å². The fraction of sp³-hybridized carbons (Fsp3) is 0.625. The van der Waals surface area contributed by atoms with Crippen LogP contribution in [0.15, 0.2) is 18.2 Å². The summed E-state index contributed by atoms with van der Waals surface area (Å²) in [6, 6.07) is 7.18. The maximum atomic E-state index is 5.31. The van der Waals surface area contributed by atoms with E-state index < -0.39 is 0 Å². The van der Waals surface area contributed by atoms with Gasteiger partial charge in [-0.05, 0) is 62.7 Å². The minimum atomic E-state index is 0.716. The normalized spacial score (nSPS) is 16.8. The van der Waals surface area contributed by atoms with Gasteiger partial charge in [-0.1, -0.05) is 13.0 Å². The van der Waals surface area contributed by atoms with Crippen LogP contribution in [0.3, 0.4) is 0 Å². The largest absolute Gasteiger partial charge is 0.497 e. The highest BCUT2D eigenvalue weighted by Gasteiger charge is 2.18. The van der Waals surface area contributed by atoms with Gasteiger partial charge >= 0.3 is 0 Å². The second-order valence-corrected chi connectivity index (χ2v) is 5.38. The number of benzene rings is 1. The summed E-state index contributed by atoms with van der Waals surface area (Å²) in [6.45, 7) is 5.55. The lowest BCUT2D eigenvalue weighted by Crippen LogP contribution is -2.40. The number of nitrogens with zero attached hydrogens (tertiary/aromatic N) is 1. The lowest BCUT2D eigenvalue weighted by atomic mass is 10.0. The molecule has 3 heteroatoms. The number of piperidine rings is 1. The highest BCUT2D eigenvalue weighted by atomic mass is 16.5. The molecule has 1 aromatic carbocycles. The third-order valence-electron chi connectivity index (χ3n) is 4.15. The van der Waals surface area contributed by atoms with E-state index in [1.807, 2.05) is 0 Å². The van der Waals surface area contributed by atoms with Crippen molar-refractivity contribution in [1.82, 2.24) is 10.2 Å². The number of aryl methyl sites for hydroxylation is 1. The van der Waals surface area contributed by atoms with Crippen LogP contribution in [-0.4, -0.2) is 38.2 Å².